The number of anilines is 2. The van der Waals surface area contributed by atoms with E-state index in [0.29, 0.717) is 11.6 Å². The first-order valence-corrected chi connectivity index (χ1v) is 10.9. The van der Waals surface area contributed by atoms with Crippen molar-refractivity contribution in [3.8, 4) is 16.9 Å². The molecule has 0 aliphatic heterocycles. The molecule has 0 amide bonds. The van der Waals surface area contributed by atoms with Crippen LogP contribution in [0.25, 0.3) is 22.3 Å². The summed E-state index contributed by atoms with van der Waals surface area (Å²) >= 11 is 0. The molecule has 3 heterocycles. The molecule has 0 spiro atoms. The molecule has 0 atom stereocenters. The number of fused-ring (bicyclic) bond motifs is 1. The first-order valence-electron chi connectivity index (χ1n) is 10.9. The van der Waals surface area contributed by atoms with E-state index in [4.69, 9.17) is 15.5 Å². The molecule has 1 aliphatic carbocycles. The second kappa shape index (κ2) is 8.16. The van der Waals surface area contributed by atoms with Gasteiger partial charge in [-0.1, -0.05) is 12.8 Å². The van der Waals surface area contributed by atoms with Crippen LogP contribution in [0.3, 0.4) is 0 Å². The summed E-state index contributed by atoms with van der Waals surface area (Å²) in [6.45, 7) is 0.0681. The fourth-order valence-electron chi connectivity index (χ4n) is 4.55. The zero-order valence-electron chi connectivity index (χ0n) is 18.3. The summed E-state index contributed by atoms with van der Waals surface area (Å²) in [5, 5.41) is 7.59. The van der Waals surface area contributed by atoms with Gasteiger partial charge < -0.3 is 10.1 Å². The minimum Gasteiger partial charge on any atom is -0.478 e. The van der Waals surface area contributed by atoms with Gasteiger partial charge in [-0.3, -0.25) is 19.5 Å². The maximum Gasteiger partial charge on any atom is 0.330 e. The van der Waals surface area contributed by atoms with Crippen molar-refractivity contribution in [3.05, 3.63) is 53.2 Å². The van der Waals surface area contributed by atoms with Crippen LogP contribution in [-0.4, -0.2) is 30.6 Å². The maximum atomic E-state index is 12.9. The summed E-state index contributed by atoms with van der Waals surface area (Å²) in [5.41, 5.74) is 9.90. The monoisotopic (exact) mass is 433 g/mol. The number of hydrogen-bond donors (Lipinski definition) is 2. The fraction of sp³-hybridized carbons (Fsp3) is 0.348. The van der Waals surface area contributed by atoms with E-state index in [1.807, 2.05) is 48.1 Å². The van der Waals surface area contributed by atoms with Crippen molar-refractivity contribution in [1.82, 2.24) is 23.9 Å². The van der Waals surface area contributed by atoms with Gasteiger partial charge in [0.2, 0.25) is 0 Å². The number of nitrogens with zero attached hydrogens (tertiary/aromatic N) is 5. The molecule has 0 bridgehead atoms. The number of nitrogens with two attached hydrogens (primary N) is 1. The van der Waals surface area contributed by atoms with E-state index in [-0.39, 0.29) is 18.5 Å². The van der Waals surface area contributed by atoms with Crippen molar-refractivity contribution in [2.24, 2.45) is 19.8 Å². The zero-order valence-corrected chi connectivity index (χ0v) is 18.3. The highest BCUT2D eigenvalue weighted by Crippen LogP contribution is 2.34. The van der Waals surface area contributed by atoms with Crippen molar-refractivity contribution in [2.75, 3.05) is 12.0 Å². The fourth-order valence-corrected chi connectivity index (χ4v) is 4.55. The topological polar surface area (TPSA) is 105 Å². The molecule has 1 fully saturated rings. The van der Waals surface area contributed by atoms with E-state index >= 15 is 0 Å². The van der Waals surface area contributed by atoms with E-state index in [0.717, 1.165) is 53.7 Å². The number of nitrogens with one attached hydrogen (secondary N) is 1. The predicted molar refractivity (Wildman–Crippen MR) is 124 cm³/mol. The van der Waals surface area contributed by atoms with Gasteiger partial charge in [-0.25, -0.2) is 9.78 Å². The zero-order chi connectivity index (χ0) is 22.2. The maximum absolute atomic E-state index is 12.9. The lowest BCUT2D eigenvalue weighted by molar-refractivity contribution is 0.331. The van der Waals surface area contributed by atoms with Gasteiger partial charge in [0.1, 0.15) is 18.3 Å². The SMILES string of the molecule is Cn1cc(-c2ccc(Nc3ccc4c(n3)n(C3CCCC3)c(=O)n4C)cc2OCN)cn1. The van der Waals surface area contributed by atoms with Crippen LogP contribution in [-0.2, 0) is 14.1 Å². The summed E-state index contributed by atoms with van der Waals surface area (Å²) in [6.07, 6.45) is 8.07. The Hall–Kier alpha value is -3.59. The van der Waals surface area contributed by atoms with Crippen LogP contribution >= 0.6 is 0 Å². The highest BCUT2D eigenvalue weighted by Gasteiger charge is 2.23. The molecule has 0 unspecified atom stereocenters. The van der Waals surface area contributed by atoms with Crippen LogP contribution in [0.1, 0.15) is 31.7 Å². The Morgan fingerprint density at radius 3 is 2.72 bits per heavy atom. The van der Waals surface area contributed by atoms with Gasteiger partial charge >= 0.3 is 5.69 Å². The highest BCUT2D eigenvalue weighted by molar-refractivity contribution is 5.77. The first kappa shape index (κ1) is 20.3. The summed E-state index contributed by atoms with van der Waals surface area (Å²) < 4.78 is 11.0. The molecule has 0 radical (unpaired) electrons. The highest BCUT2D eigenvalue weighted by atomic mass is 16.5. The van der Waals surface area contributed by atoms with E-state index in [2.05, 4.69) is 10.4 Å². The van der Waals surface area contributed by atoms with Crippen molar-refractivity contribution < 1.29 is 4.74 Å². The van der Waals surface area contributed by atoms with Gasteiger partial charge in [-0.15, -0.1) is 0 Å². The number of benzene rings is 1. The van der Waals surface area contributed by atoms with Gasteiger partial charge in [0, 0.05) is 49.2 Å². The van der Waals surface area contributed by atoms with Gasteiger partial charge in [-0.2, -0.15) is 5.10 Å². The Labute approximate surface area is 185 Å². The molecule has 5 rings (SSSR count). The molecule has 9 nitrogen and oxygen atoms in total. The average molecular weight is 434 g/mol. The molecule has 3 aromatic heterocycles. The molecule has 1 aromatic carbocycles. The summed E-state index contributed by atoms with van der Waals surface area (Å²) in [5.74, 6) is 1.33. The van der Waals surface area contributed by atoms with E-state index < -0.39 is 0 Å². The molecule has 166 valence electrons. The van der Waals surface area contributed by atoms with Gasteiger partial charge in [0.25, 0.3) is 0 Å². The first-order chi connectivity index (χ1) is 15.5. The summed E-state index contributed by atoms with van der Waals surface area (Å²) in [6, 6.07) is 9.89. The molecule has 1 aliphatic rings. The minimum absolute atomic E-state index is 0.00370. The quantitative estimate of drug-likeness (QED) is 0.452. The van der Waals surface area contributed by atoms with E-state index in [1.165, 1.54) is 0 Å². The van der Waals surface area contributed by atoms with Crippen LogP contribution in [0.2, 0.25) is 0 Å². The van der Waals surface area contributed by atoms with Crippen molar-refractivity contribution in [2.45, 2.75) is 31.7 Å². The van der Waals surface area contributed by atoms with Crippen LogP contribution in [0, 0.1) is 0 Å². The number of ether oxygens (including phenoxy) is 1. The Morgan fingerprint density at radius 2 is 2.00 bits per heavy atom. The standard InChI is InChI=1S/C23H27N7O2/c1-28-13-15(12-25-28)18-8-7-16(11-20(18)32-14-24)26-21-10-9-19-22(27-21)30(23(31)29(19)2)17-5-3-4-6-17/h7-13,17H,3-6,14,24H2,1-2H3,(H,26,27). The molecular formula is C23H27N7O2. The molecule has 32 heavy (non-hydrogen) atoms. The van der Waals surface area contributed by atoms with E-state index in [1.54, 1.807) is 22.5 Å². The lowest BCUT2D eigenvalue weighted by atomic mass is 10.1. The number of aromatic nitrogens is 5. The molecule has 4 aromatic rings. The molecule has 3 N–H and O–H groups in total. The largest absolute Gasteiger partial charge is 0.478 e. The van der Waals surface area contributed by atoms with Crippen LogP contribution in [0.5, 0.6) is 5.75 Å². The molecular weight excluding hydrogens is 406 g/mol. The Kier molecular flexibility index (Phi) is 5.18. The second-order valence-electron chi connectivity index (χ2n) is 8.24. The normalized spacial score (nSPS) is 14.3. The molecule has 1 saturated carbocycles. The van der Waals surface area contributed by atoms with Gasteiger partial charge in [0.05, 0.1) is 11.7 Å². The van der Waals surface area contributed by atoms with Gasteiger partial charge in [-0.05, 0) is 37.1 Å². The smallest absolute Gasteiger partial charge is 0.330 e. The van der Waals surface area contributed by atoms with E-state index in [9.17, 15) is 4.79 Å². The van der Waals surface area contributed by atoms with Crippen molar-refractivity contribution in [1.29, 1.82) is 0 Å². The minimum atomic E-state index is -0.00370. The average Bonchev–Trinajstić information content (AvgIpc) is 3.50. The van der Waals surface area contributed by atoms with Crippen LogP contribution in [0.15, 0.2) is 47.5 Å². The summed E-state index contributed by atoms with van der Waals surface area (Å²) in [7, 11) is 3.68. The number of imidazole rings is 1. The lowest BCUT2D eigenvalue weighted by Crippen LogP contribution is -2.25. The van der Waals surface area contributed by atoms with Crippen molar-refractivity contribution >= 4 is 22.7 Å². The van der Waals surface area contributed by atoms with Crippen molar-refractivity contribution in [3.63, 3.8) is 0 Å². The Bertz CT molecular complexity index is 1330. The second-order valence-corrected chi connectivity index (χ2v) is 8.24. The number of pyridine rings is 1. The number of aryl methyl sites for hydroxylation is 2. The third kappa shape index (κ3) is 3.54. The number of rotatable bonds is 6. The van der Waals surface area contributed by atoms with Gasteiger partial charge in [0.15, 0.2) is 5.65 Å². The third-order valence-electron chi connectivity index (χ3n) is 6.14. The third-order valence-corrected chi connectivity index (χ3v) is 6.14. The van der Waals surface area contributed by atoms with Crippen LogP contribution < -0.4 is 21.5 Å². The Balaban J connectivity index is 1.50. The number of hydrogen-bond acceptors (Lipinski definition) is 6. The van der Waals surface area contributed by atoms with Crippen LogP contribution in [0.4, 0.5) is 11.5 Å². The summed E-state index contributed by atoms with van der Waals surface area (Å²) in [4.78, 5) is 17.7. The molecule has 0 saturated heterocycles. The predicted octanol–water partition coefficient (Wildman–Crippen LogP) is 3.29. The lowest BCUT2D eigenvalue weighted by Gasteiger charge is -2.13. The molecule has 9 heteroatoms. The Morgan fingerprint density at radius 1 is 1.19 bits per heavy atom.